The van der Waals surface area contributed by atoms with Gasteiger partial charge in [-0.1, -0.05) is 13.0 Å². The van der Waals surface area contributed by atoms with E-state index in [1.807, 2.05) is 17.0 Å². The van der Waals surface area contributed by atoms with Crippen molar-refractivity contribution >= 4 is 22.5 Å². The van der Waals surface area contributed by atoms with Gasteiger partial charge in [-0.15, -0.1) is 0 Å². The van der Waals surface area contributed by atoms with Crippen molar-refractivity contribution in [1.82, 2.24) is 14.4 Å². The zero-order valence-electron chi connectivity index (χ0n) is 21.7. The van der Waals surface area contributed by atoms with E-state index in [4.69, 9.17) is 4.74 Å². The molecule has 4 rings (SSSR count). The molecule has 36 heavy (non-hydrogen) atoms. The fourth-order valence-corrected chi connectivity index (χ4v) is 5.09. The van der Waals surface area contributed by atoms with Crippen LogP contribution < -0.4 is 10.1 Å². The molecule has 0 bridgehead atoms. The lowest BCUT2D eigenvalue weighted by atomic mass is 10.1. The van der Waals surface area contributed by atoms with Crippen LogP contribution in [0.2, 0.25) is 0 Å². The molecule has 2 heterocycles. The Morgan fingerprint density at radius 3 is 2.53 bits per heavy atom. The Balaban J connectivity index is 1.70. The van der Waals surface area contributed by atoms with E-state index in [2.05, 4.69) is 35.6 Å². The lowest BCUT2D eigenvalue weighted by Gasteiger charge is -2.34. The molecular formula is C28H37FN4O3. The first kappa shape index (κ1) is 26.0. The number of aryl methyl sites for hydroxylation is 2. The number of benzene rings is 2. The number of ether oxygens (including phenoxy) is 1. The van der Waals surface area contributed by atoms with Gasteiger partial charge in [0, 0.05) is 74.1 Å². The van der Waals surface area contributed by atoms with E-state index < -0.39 is 0 Å². The second-order valence-corrected chi connectivity index (χ2v) is 9.45. The summed E-state index contributed by atoms with van der Waals surface area (Å²) in [6.45, 7) is 11.3. The number of carbonyl (C=O) groups is 1. The third-order valence-corrected chi connectivity index (χ3v) is 7.22. The van der Waals surface area contributed by atoms with E-state index in [9.17, 15) is 14.3 Å². The molecule has 7 nitrogen and oxygen atoms in total. The van der Waals surface area contributed by atoms with Crippen LogP contribution in [0.3, 0.4) is 0 Å². The average molecular weight is 497 g/mol. The first-order chi connectivity index (χ1) is 17.4. The molecule has 0 aliphatic carbocycles. The molecule has 8 heteroatoms. The summed E-state index contributed by atoms with van der Waals surface area (Å²) in [5.41, 5.74) is 5.82. The number of halogens is 1. The molecule has 0 radical (unpaired) electrons. The Morgan fingerprint density at radius 2 is 1.86 bits per heavy atom. The number of aliphatic hydroxyl groups excluding tert-OH is 1. The monoisotopic (exact) mass is 496 g/mol. The molecule has 3 aromatic rings. The maximum Gasteiger partial charge on any atom is 0.254 e. The number of β-amino-alcohol motifs (C(OH)–C–C–N with tert-alkyl or cyclic N) is 1. The number of aliphatic hydroxyl groups is 1. The van der Waals surface area contributed by atoms with Crippen LogP contribution in [0.15, 0.2) is 30.3 Å². The van der Waals surface area contributed by atoms with Crippen molar-refractivity contribution < 1.29 is 19.0 Å². The number of hydrogen-bond donors (Lipinski definition) is 2. The number of hydrogen-bond acceptors (Lipinski definition) is 5. The molecule has 1 fully saturated rings. The van der Waals surface area contributed by atoms with Crippen LogP contribution in [0, 0.1) is 19.7 Å². The molecule has 2 aromatic carbocycles. The highest BCUT2D eigenvalue weighted by atomic mass is 19.1. The molecule has 0 saturated carbocycles. The molecule has 194 valence electrons. The van der Waals surface area contributed by atoms with E-state index in [-0.39, 0.29) is 18.3 Å². The highest BCUT2D eigenvalue weighted by molar-refractivity contribution is 6.04. The van der Waals surface area contributed by atoms with Crippen LogP contribution in [0.5, 0.6) is 5.75 Å². The van der Waals surface area contributed by atoms with Crippen LogP contribution in [-0.2, 0) is 13.1 Å². The van der Waals surface area contributed by atoms with E-state index in [0.717, 1.165) is 48.2 Å². The van der Waals surface area contributed by atoms with Gasteiger partial charge in [-0.25, -0.2) is 4.39 Å². The lowest BCUT2D eigenvalue weighted by Crippen LogP contribution is -2.49. The predicted molar refractivity (Wildman–Crippen MR) is 141 cm³/mol. The van der Waals surface area contributed by atoms with E-state index in [0.29, 0.717) is 37.5 Å². The number of nitrogens with zero attached hydrogens (tertiary/aromatic N) is 3. The van der Waals surface area contributed by atoms with Gasteiger partial charge < -0.3 is 24.6 Å². The Labute approximate surface area is 212 Å². The van der Waals surface area contributed by atoms with Crippen LogP contribution in [0.4, 0.5) is 10.1 Å². The fraction of sp³-hybridized carbons (Fsp3) is 0.464. The van der Waals surface area contributed by atoms with Crippen molar-refractivity contribution in [3.05, 3.63) is 58.5 Å². The summed E-state index contributed by atoms with van der Waals surface area (Å²) >= 11 is 0. The SMILES string of the molecule is CCCn1c(C)c(C)c2cc(C(=O)N3CCN(CCO)CC3)cc(NCc3ccc(F)cc3OC)c21. The van der Waals surface area contributed by atoms with Crippen LogP contribution in [-0.4, -0.2) is 71.8 Å². The molecule has 1 amide bonds. The quantitative estimate of drug-likeness (QED) is 0.465. The lowest BCUT2D eigenvalue weighted by molar-refractivity contribution is 0.0615. The number of nitrogens with one attached hydrogen (secondary N) is 1. The molecule has 1 aliphatic heterocycles. The third-order valence-electron chi connectivity index (χ3n) is 7.22. The van der Waals surface area contributed by atoms with Gasteiger partial charge in [0.1, 0.15) is 11.6 Å². The van der Waals surface area contributed by atoms with Crippen molar-refractivity contribution in [3.63, 3.8) is 0 Å². The largest absolute Gasteiger partial charge is 0.496 e. The Kier molecular flexibility index (Phi) is 8.16. The Hall–Kier alpha value is -3.10. The van der Waals surface area contributed by atoms with Crippen molar-refractivity contribution in [2.24, 2.45) is 0 Å². The summed E-state index contributed by atoms with van der Waals surface area (Å²) < 4.78 is 21.4. The summed E-state index contributed by atoms with van der Waals surface area (Å²) in [6.07, 6.45) is 0.994. The predicted octanol–water partition coefficient (Wildman–Crippen LogP) is 4.18. The van der Waals surface area contributed by atoms with E-state index in [1.165, 1.54) is 30.5 Å². The average Bonchev–Trinajstić information content (AvgIpc) is 3.13. The first-order valence-electron chi connectivity index (χ1n) is 12.7. The number of carbonyl (C=O) groups excluding carboxylic acids is 1. The molecule has 0 atom stereocenters. The number of amides is 1. The molecular weight excluding hydrogens is 459 g/mol. The molecule has 1 aromatic heterocycles. The van der Waals surface area contributed by atoms with Gasteiger partial charge in [0.25, 0.3) is 5.91 Å². The number of anilines is 1. The fourth-order valence-electron chi connectivity index (χ4n) is 5.09. The van der Waals surface area contributed by atoms with Gasteiger partial charge in [-0.2, -0.15) is 0 Å². The van der Waals surface area contributed by atoms with Gasteiger partial charge >= 0.3 is 0 Å². The second-order valence-electron chi connectivity index (χ2n) is 9.45. The highest BCUT2D eigenvalue weighted by Crippen LogP contribution is 2.34. The number of methoxy groups -OCH3 is 1. The van der Waals surface area contributed by atoms with E-state index >= 15 is 0 Å². The molecule has 1 aliphatic rings. The Bertz CT molecular complexity index is 1230. The second kappa shape index (κ2) is 11.3. The zero-order valence-corrected chi connectivity index (χ0v) is 21.7. The molecule has 1 saturated heterocycles. The normalized spacial score (nSPS) is 14.4. The maximum atomic E-state index is 13.7. The molecule has 0 spiro atoms. The standard InChI is InChI=1S/C28H37FN4O3/c1-5-8-33-20(3)19(2)24-15-22(28(35)32-11-9-31(10-12-32)13-14-34)16-25(27(24)33)30-18-21-6-7-23(29)17-26(21)36-4/h6-7,15-17,30,34H,5,8-14,18H2,1-4H3. The van der Waals surface area contributed by atoms with Crippen molar-refractivity contribution in [1.29, 1.82) is 0 Å². The number of rotatable bonds is 9. The summed E-state index contributed by atoms with van der Waals surface area (Å²) in [6, 6.07) is 8.51. The zero-order chi connectivity index (χ0) is 25.8. The van der Waals surface area contributed by atoms with Crippen LogP contribution in [0.25, 0.3) is 10.9 Å². The Morgan fingerprint density at radius 1 is 1.11 bits per heavy atom. The van der Waals surface area contributed by atoms with Gasteiger partial charge in [0.05, 0.1) is 24.9 Å². The van der Waals surface area contributed by atoms with Gasteiger partial charge in [-0.3, -0.25) is 9.69 Å². The summed E-state index contributed by atoms with van der Waals surface area (Å²) in [4.78, 5) is 17.6. The number of aromatic nitrogens is 1. The van der Waals surface area contributed by atoms with Gasteiger partial charge in [0.15, 0.2) is 0 Å². The first-order valence-corrected chi connectivity index (χ1v) is 12.7. The molecule has 2 N–H and O–H groups in total. The number of piperazine rings is 1. The summed E-state index contributed by atoms with van der Waals surface area (Å²) in [7, 11) is 1.54. The minimum absolute atomic E-state index is 0.0169. The smallest absolute Gasteiger partial charge is 0.254 e. The highest BCUT2D eigenvalue weighted by Gasteiger charge is 2.24. The van der Waals surface area contributed by atoms with Gasteiger partial charge in [-0.05, 0) is 44.0 Å². The van der Waals surface area contributed by atoms with Crippen molar-refractivity contribution in [2.45, 2.75) is 40.3 Å². The minimum atomic E-state index is -0.340. The topological polar surface area (TPSA) is 70.0 Å². The van der Waals surface area contributed by atoms with Crippen molar-refractivity contribution in [2.75, 3.05) is 51.8 Å². The summed E-state index contributed by atoms with van der Waals surface area (Å²) in [5.74, 6) is 0.166. The van der Waals surface area contributed by atoms with E-state index in [1.54, 1.807) is 6.07 Å². The third kappa shape index (κ3) is 5.20. The summed E-state index contributed by atoms with van der Waals surface area (Å²) in [5, 5.41) is 13.8. The van der Waals surface area contributed by atoms with Crippen LogP contribution >= 0.6 is 0 Å². The number of fused-ring (bicyclic) bond motifs is 1. The maximum absolute atomic E-state index is 13.7. The molecule has 0 unspecified atom stereocenters. The van der Waals surface area contributed by atoms with Crippen LogP contribution in [0.1, 0.15) is 40.5 Å². The minimum Gasteiger partial charge on any atom is -0.496 e. The van der Waals surface area contributed by atoms with Gasteiger partial charge in [0.2, 0.25) is 0 Å². The van der Waals surface area contributed by atoms with Crippen molar-refractivity contribution in [3.8, 4) is 5.75 Å².